The van der Waals surface area contributed by atoms with Crippen LogP contribution in [0.1, 0.15) is 103 Å². The van der Waals surface area contributed by atoms with Crippen molar-refractivity contribution in [1.29, 1.82) is 0 Å². The third kappa shape index (κ3) is 8.92. The van der Waals surface area contributed by atoms with Gasteiger partial charge in [0.05, 0.1) is 6.61 Å². The van der Waals surface area contributed by atoms with E-state index in [9.17, 15) is 0 Å². The molecule has 0 unspecified atom stereocenters. The monoisotopic (exact) mass is 436 g/mol. The lowest BCUT2D eigenvalue weighted by atomic mass is 9.81. The summed E-state index contributed by atoms with van der Waals surface area (Å²) in [6.07, 6.45) is 22.6. The van der Waals surface area contributed by atoms with Crippen molar-refractivity contribution in [2.75, 3.05) is 6.61 Å². The van der Waals surface area contributed by atoms with Gasteiger partial charge in [0.2, 0.25) is 0 Å². The fraction of sp³-hybridized carbons (Fsp3) is 0.655. The van der Waals surface area contributed by atoms with E-state index in [1.165, 1.54) is 82.6 Å². The Bertz CT molecular complexity index is 733. The van der Waals surface area contributed by atoms with E-state index in [-0.39, 0.29) is 0 Å². The molecule has 0 spiro atoms. The number of aryl methyl sites for hydroxylation is 1. The van der Waals surface area contributed by atoms with Gasteiger partial charge in [-0.1, -0.05) is 78.1 Å². The van der Waals surface area contributed by atoms with Gasteiger partial charge < -0.3 is 4.74 Å². The molecule has 3 heteroatoms. The Morgan fingerprint density at radius 1 is 0.812 bits per heavy atom. The second kappa shape index (κ2) is 14.3. The summed E-state index contributed by atoms with van der Waals surface area (Å²) in [5, 5.41) is 0. The number of ether oxygens (including phenoxy) is 1. The zero-order chi connectivity index (χ0) is 22.4. The molecule has 32 heavy (non-hydrogen) atoms. The molecule has 1 aromatic heterocycles. The van der Waals surface area contributed by atoms with Gasteiger partial charge in [-0.2, -0.15) is 0 Å². The van der Waals surface area contributed by atoms with E-state index in [0.29, 0.717) is 0 Å². The van der Waals surface area contributed by atoms with Crippen molar-refractivity contribution >= 4 is 0 Å². The number of hydrogen-bond acceptors (Lipinski definition) is 3. The summed E-state index contributed by atoms with van der Waals surface area (Å²) in [4.78, 5) is 9.20. The molecule has 0 saturated heterocycles. The lowest BCUT2D eigenvalue weighted by Gasteiger charge is -2.25. The summed E-state index contributed by atoms with van der Waals surface area (Å²) < 4.78 is 5.97. The molecular formula is C29H44N2O. The lowest BCUT2D eigenvalue weighted by molar-refractivity contribution is 0.245. The Kier molecular flexibility index (Phi) is 11.0. The van der Waals surface area contributed by atoms with Crippen molar-refractivity contribution < 1.29 is 4.74 Å². The quantitative estimate of drug-likeness (QED) is 0.279. The van der Waals surface area contributed by atoms with Crippen molar-refractivity contribution in [3.05, 3.63) is 42.2 Å². The highest BCUT2D eigenvalue weighted by atomic mass is 16.5. The predicted molar refractivity (Wildman–Crippen MR) is 135 cm³/mol. The van der Waals surface area contributed by atoms with E-state index in [2.05, 4.69) is 35.9 Å². The van der Waals surface area contributed by atoms with Crippen LogP contribution in [0.15, 0.2) is 36.7 Å². The van der Waals surface area contributed by atoms with Crippen LogP contribution in [0.2, 0.25) is 0 Å². The van der Waals surface area contributed by atoms with E-state index < -0.39 is 0 Å². The maximum Gasteiger partial charge on any atom is 0.159 e. The fourth-order valence-corrected chi connectivity index (χ4v) is 4.80. The van der Waals surface area contributed by atoms with E-state index in [4.69, 9.17) is 4.74 Å². The second-order valence-corrected chi connectivity index (χ2v) is 9.93. The molecule has 0 bridgehead atoms. The Hall–Kier alpha value is -1.90. The molecule has 1 heterocycles. The molecule has 1 aliphatic rings. The molecule has 1 aromatic carbocycles. The van der Waals surface area contributed by atoms with E-state index in [1.807, 2.05) is 24.5 Å². The van der Waals surface area contributed by atoms with Crippen molar-refractivity contribution in [1.82, 2.24) is 9.97 Å². The molecule has 0 N–H and O–H groups in total. The lowest BCUT2D eigenvalue weighted by Crippen LogP contribution is -2.13. The van der Waals surface area contributed by atoms with Crippen molar-refractivity contribution in [2.24, 2.45) is 11.8 Å². The third-order valence-electron chi connectivity index (χ3n) is 7.05. The minimum absolute atomic E-state index is 0.798. The standard InChI is InChI=1S/C29H44N2O/c1-3-4-5-6-7-8-9-11-26-22-30-29(31-23-26)27-17-19-28(20-18-27)32-21-10-12-25-15-13-24(2)14-16-25/h17-20,22-25H,3-16,21H2,1-2H3. The number of aromatic nitrogens is 2. The van der Waals surface area contributed by atoms with Gasteiger partial charge in [0.15, 0.2) is 5.82 Å². The van der Waals surface area contributed by atoms with Crippen LogP contribution in [0.4, 0.5) is 0 Å². The maximum atomic E-state index is 5.97. The normalized spacial score (nSPS) is 18.6. The topological polar surface area (TPSA) is 35.0 Å². The van der Waals surface area contributed by atoms with Crippen LogP contribution in [0, 0.1) is 11.8 Å². The minimum Gasteiger partial charge on any atom is -0.494 e. The molecule has 0 atom stereocenters. The molecule has 1 saturated carbocycles. The predicted octanol–water partition coefficient (Wildman–Crippen LogP) is 8.42. The summed E-state index contributed by atoms with van der Waals surface area (Å²) in [6.45, 7) is 5.47. The first kappa shape index (κ1) is 24.7. The Morgan fingerprint density at radius 3 is 2.16 bits per heavy atom. The molecule has 1 fully saturated rings. The summed E-state index contributed by atoms with van der Waals surface area (Å²) in [5.74, 6) is 3.60. The van der Waals surface area contributed by atoms with E-state index >= 15 is 0 Å². The first-order valence-electron chi connectivity index (χ1n) is 13.3. The van der Waals surface area contributed by atoms with Crippen LogP contribution < -0.4 is 4.74 Å². The fourth-order valence-electron chi connectivity index (χ4n) is 4.80. The summed E-state index contributed by atoms with van der Waals surface area (Å²) in [5.41, 5.74) is 2.30. The van der Waals surface area contributed by atoms with Crippen LogP contribution in [0.3, 0.4) is 0 Å². The SMILES string of the molecule is CCCCCCCCCc1cnc(-c2ccc(OCCCC3CCC(C)CC3)cc2)nc1. The largest absolute Gasteiger partial charge is 0.494 e. The maximum absolute atomic E-state index is 5.97. The van der Waals surface area contributed by atoms with Crippen LogP contribution in [0.5, 0.6) is 5.75 Å². The van der Waals surface area contributed by atoms with Crippen LogP contribution >= 0.6 is 0 Å². The third-order valence-corrected chi connectivity index (χ3v) is 7.05. The second-order valence-electron chi connectivity index (χ2n) is 9.93. The zero-order valence-corrected chi connectivity index (χ0v) is 20.5. The minimum atomic E-state index is 0.798. The highest BCUT2D eigenvalue weighted by Gasteiger charge is 2.17. The van der Waals surface area contributed by atoms with Crippen LogP contribution in [-0.4, -0.2) is 16.6 Å². The van der Waals surface area contributed by atoms with Gasteiger partial charge in [-0.3, -0.25) is 0 Å². The zero-order valence-electron chi connectivity index (χ0n) is 20.5. The highest BCUT2D eigenvalue weighted by molar-refractivity contribution is 5.55. The molecule has 0 amide bonds. The Morgan fingerprint density at radius 2 is 1.47 bits per heavy atom. The summed E-state index contributed by atoms with van der Waals surface area (Å²) in [6, 6.07) is 8.24. The molecule has 1 aliphatic carbocycles. The van der Waals surface area contributed by atoms with Crippen molar-refractivity contribution in [3.8, 4) is 17.1 Å². The molecule has 0 aliphatic heterocycles. The molecule has 0 radical (unpaired) electrons. The number of rotatable bonds is 14. The molecule has 2 aromatic rings. The average Bonchev–Trinajstić information content (AvgIpc) is 2.83. The van der Waals surface area contributed by atoms with Gasteiger partial charge in [0.1, 0.15) is 5.75 Å². The molecular weight excluding hydrogens is 392 g/mol. The first-order valence-corrected chi connectivity index (χ1v) is 13.3. The van der Waals surface area contributed by atoms with E-state index in [1.54, 1.807) is 0 Å². The van der Waals surface area contributed by atoms with Gasteiger partial charge >= 0.3 is 0 Å². The number of unbranched alkanes of at least 4 members (excludes halogenated alkanes) is 6. The Labute approximate surface area is 196 Å². The highest BCUT2D eigenvalue weighted by Crippen LogP contribution is 2.31. The van der Waals surface area contributed by atoms with Crippen molar-refractivity contribution in [3.63, 3.8) is 0 Å². The van der Waals surface area contributed by atoms with Gasteiger partial charge in [0, 0.05) is 18.0 Å². The summed E-state index contributed by atoms with van der Waals surface area (Å²) in [7, 11) is 0. The molecule has 176 valence electrons. The van der Waals surface area contributed by atoms with E-state index in [0.717, 1.165) is 48.4 Å². The van der Waals surface area contributed by atoms with Gasteiger partial charge in [0.25, 0.3) is 0 Å². The van der Waals surface area contributed by atoms with Crippen LogP contribution in [-0.2, 0) is 6.42 Å². The molecule has 3 nitrogen and oxygen atoms in total. The average molecular weight is 437 g/mol. The first-order chi connectivity index (χ1) is 15.7. The molecule has 3 rings (SSSR count). The Balaban J connectivity index is 1.33. The van der Waals surface area contributed by atoms with Crippen molar-refractivity contribution in [2.45, 2.75) is 104 Å². The van der Waals surface area contributed by atoms with Crippen LogP contribution in [0.25, 0.3) is 11.4 Å². The number of nitrogens with zero attached hydrogens (tertiary/aromatic N) is 2. The van der Waals surface area contributed by atoms with Gasteiger partial charge in [-0.05, 0) is 67.3 Å². The number of benzene rings is 1. The smallest absolute Gasteiger partial charge is 0.159 e. The number of hydrogen-bond donors (Lipinski definition) is 0. The van der Waals surface area contributed by atoms with Gasteiger partial charge in [-0.25, -0.2) is 9.97 Å². The van der Waals surface area contributed by atoms with Gasteiger partial charge in [-0.15, -0.1) is 0 Å². The summed E-state index contributed by atoms with van der Waals surface area (Å²) >= 11 is 0.